The van der Waals surface area contributed by atoms with Crippen LogP contribution < -0.4 is 10.1 Å². The highest BCUT2D eigenvalue weighted by Crippen LogP contribution is 2.23. The molecule has 0 aliphatic rings. The number of ether oxygens (including phenoxy) is 1. The lowest BCUT2D eigenvalue weighted by molar-refractivity contribution is 0.359. The number of nitrogens with one attached hydrogen (secondary N) is 1. The van der Waals surface area contributed by atoms with Crippen LogP contribution in [-0.2, 0) is 6.54 Å². The predicted octanol–water partition coefficient (Wildman–Crippen LogP) is 4.52. The van der Waals surface area contributed by atoms with Gasteiger partial charge in [0.05, 0.1) is 10.7 Å². The van der Waals surface area contributed by atoms with Crippen molar-refractivity contribution in [1.29, 1.82) is 0 Å². The summed E-state index contributed by atoms with van der Waals surface area (Å²) in [5, 5.41) is 4.02. The quantitative estimate of drug-likeness (QED) is 0.782. The van der Waals surface area contributed by atoms with Gasteiger partial charge in [0.1, 0.15) is 12.4 Å². The Morgan fingerprint density at radius 2 is 1.84 bits per heavy atom. The van der Waals surface area contributed by atoms with Crippen LogP contribution in [0.5, 0.6) is 5.75 Å². The maximum atomic E-state index is 6.11. The van der Waals surface area contributed by atoms with E-state index in [-0.39, 0.29) is 0 Å². The number of rotatable bonds is 6. The molecule has 0 saturated heterocycles. The molecule has 0 unspecified atom stereocenters. The van der Waals surface area contributed by atoms with Crippen molar-refractivity contribution in [1.82, 2.24) is 0 Å². The van der Waals surface area contributed by atoms with Crippen molar-refractivity contribution < 1.29 is 4.74 Å². The van der Waals surface area contributed by atoms with E-state index in [1.165, 1.54) is 0 Å². The Kier molecular flexibility index (Phi) is 4.87. The number of anilines is 1. The molecule has 0 amide bonds. The number of halogens is 1. The molecule has 0 aliphatic heterocycles. The molecule has 19 heavy (non-hydrogen) atoms. The first-order valence-electron chi connectivity index (χ1n) is 6.11. The topological polar surface area (TPSA) is 21.3 Å². The minimum Gasteiger partial charge on any atom is -0.489 e. The van der Waals surface area contributed by atoms with Crippen molar-refractivity contribution in [2.24, 2.45) is 0 Å². The zero-order valence-corrected chi connectivity index (χ0v) is 11.4. The molecule has 2 nitrogen and oxygen atoms in total. The fourth-order valence-corrected chi connectivity index (χ4v) is 1.94. The maximum Gasteiger partial charge on any atom is 0.124 e. The number of para-hydroxylation sites is 2. The highest BCUT2D eigenvalue weighted by molar-refractivity contribution is 6.33. The van der Waals surface area contributed by atoms with Gasteiger partial charge in [0.25, 0.3) is 0 Å². The summed E-state index contributed by atoms with van der Waals surface area (Å²) in [6.45, 7) is 4.82. The molecule has 0 heterocycles. The van der Waals surface area contributed by atoms with Crippen molar-refractivity contribution >= 4 is 17.3 Å². The minimum atomic E-state index is 0.503. The standard InChI is InChI=1S/C16H16ClNO/c1-2-11-19-16-10-6-3-7-13(16)12-18-15-9-5-4-8-14(15)17/h2-10,18H,1,11-12H2. The van der Waals surface area contributed by atoms with E-state index in [0.717, 1.165) is 17.0 Å². The van der Waals surface area contributed by atoms with Crippen molar-refractivity contribution in [3.8, 4) is 5.75 Å². The van der Waals surface area contributed by atoms with Crippen LogP contribution in [0.3, 0.4) is 0 Å². The molecule has 0 saturated carbocycles. The fourth-order valence-electron chi connectivity index (χ4n) is 1.73. The first kappa shape index (κ1) is 13.5. The Labute approximate surface area is 118 Å². The molecule has 0 bridgehead atoms. The molecule has 0 aliphatic carbocycles. The summed E-state index contributed by atoms with van der Waals surface area (Å²) >= 11 is 6.11. The molecule has 2 aromatic carbocycles. The Hall–Kier alpha value is -1.93. The summed E-state index contributed by atoms with van der Waals surface area (Å²) in [6.07, 6.45) is 1.73. The van der Waals surface area contributed by atoms with Crippen molar-refractivity contribution in [3.63, 3.8) is 0 Å². The lowest BCUT2D eigenvalue weighted by Gasteiger charge is -2.12. The van der Waals surface area contributed by atoms with Gasteiger partial charge in [-0.25, -0.2) is 0 Å². The molecule has 1 N–H and O–H groups in total. The van der Waals surface area contributed by atoms with Crippen LogP contribution >= 0.6 is 11.6 Å². The van der Waals surface area contributed by atoms with Gasteiger partial charge >= 0.3 is 0 Å². The van der Waals surface area contributed by atoms with E-state index in [1.54, 1.807) is 6.08 Å². The Bertz CT molecular complexity index is 554. The van der Waals surface area contributed by atoms with Gasteiger partial charge in [0, 0.05) is 12.1 Å². The molecule has 3 heteroatoms. The molecule has 2 aromatic rings. The second-order valence-corrected chi connectivity index (χ2v) is 4.45. The van der Waals surface area contributed by atoms with E-state index in [2.05, 4.69) is 11.9 Å². The summed E-state index contributed by atoms with van der Waals surface area (Å²) in [7, 11) is 0. The summed E-state index contributed by atoms with van der Waals surface area (Å²) in [5.74, 6) is 0.863. The van der Waals surface area contributed by atoms with Gasteiger partial charge in [0.2, 0.25) is 0 Å². The summed E-state index contributed by atoms with van der Waals surface area (Å²) in [4.78, 5) is 0. The Balaban J connectivity index is 2.07. The van der Waals surface area contributed by atoms with Crippen molar-refractivity contribution in [3.05, 3.63) is 71.8 Å². The SMILES string of the molecule is C=CCOc1ccccc1CNc1ccccc1Cl. The zero-order valence-electron chi connectivity index (χ0n) is 10.6. The van der Waals surface area contributed by atoms with E-state index >= 15 is 0 Å². The van der Waals surface area contributed by atoms with Crippen LogP contribution in [0.4, 0.5) is 5.69 Å². The predicted molar refractivity (Wildman–Crippen MR) is 80.9 cm³/mol. The normalized spacial score (nSPS) is 9.95. The van der Waals surface area contributed by atoms with Crippen LogP contribution in [-0.4, -0.2) is 6.61 Å². The van der Waals surface area contributed by atoms with Gasteiger partial charge in [-0.3, -0.25) is 0 Å². The number of benzene rings is 2. The molecule has 2 rings (SSSR count). The molecule has 0 spiro atoms. The molecule has 0 atom stereocenters. The molecule has 0 fully saturated rings. The van der Waals surface area contributed by atoms with Crippen LogP contribution in [0.25, 0.3) is 0 Å². The Morgan fingerprint density at radius 3 is 2.63 bits per heavy atom. The van der Waals surface area contributed by atoms with Crippen LogP contribution in [0, 0.1) is 0 Å². The van der Waals surface area contributed by atoms with Crippen LogP contribution in [0.2, 0.25) is 5.02 Å². The van der Waals surface area contributed by atoms with Gasteiger partial charge in [-0.1, -0.05) is 54.6 Å². The zero-order chi connectivity index (χ0) is 13.5. The number of hydrogen-bond acceptors (Lipinski definition) is 2. The van der Waals surface area contributed by atoms with E-state index in [1.807, 2.05) is 48.5 Å². The van der Waals surface area contributed by atoms with Crippen LogP contribution in [0.1, 0.15) is 5.56 Å². The average Bonchev–Trinajstić information content (AvgIpc) is 2.45. The highest BCUT2D eigenvalue weighted by Gasteiger charge is 2.03. The highest BCUT2D eigenvalue weighted by atomic mass is 35.5. The third-order valence-corrected chi connectivity index (χ3v) is 3.00. The summed E-state index contributed by atoms with van der Waals surface area (Å²) in [5.41, 5.74) is 2.01. The third kappa shape index (κ3) is 3.76. The van der Waals surface area contributed by atoms with Gasteiger partial charge in [-0.15, -0.1) is 0 Å². The minimum absolute atomic E-state index is 0.503. The third-order valence-electron chi connectivity index (χ3n) is 2.67. The van der Waals surface area contributed by atoms with Gasteiger partial charge in [0.15, 0.2) is 0 Å². The molecular formula is C16H16ClNO. The van der Waals surface area contributed by atoms with Gasteiger partial charge < -0.3 is 10.1 Å². The first-order valence-corrected chi connectivity index (χ1v) is 6.49. The fraction of sp³-hybridized carbons (Fsp3) is 0.125. The summed E-state index contributed by atoms with van der Waals surface area (Å²) < 4.78 is 5.61. The average molecular weight is 274 g/mol. The second kappa shape index (κ2) is 6.86. The first-order chi connectivity index (χ1) is 9.31. The van der Waals surface area contributed by atoms with E-state index in [0.29, 0.717) is 18.2 Å². The molecule has 0 aromatic heterocycles. The van der Waals surface area contributed by atoms with Crippen molar-refractivity contribution in [2.45, 2.75) is 6.54 Å². The lowest BCUT2D eigenvalue weighted by atomic mass is 10.2. The lowest BCUT2D eigenvalue weighted by Crippen LogP contribution is -2.03. The molecular weight excluding hydrogens is 258 g/mol. The summed E-state index contributed by atoms with van der Waals surface area (Å²) in [6, 6.07) is 15.6. The monoisotopic (exact) mass is 273 g/mol. The second-order valence-electron chi connectivity index (χ2n) is 4.04. The largest absolute Gasteiger partial charge is 0.489 e. The maximum absolute atomic E-state index is 6.11. The van der Waals surface area contributed by atoms with E-state index < -0.39 is 0 Å². The number of hydrogen-bond donors (Lipinski definition) is 1. The smallest absolute Gasteiger partial charge is 0.124 e. The molecule has 98 valence electrons. The van der Waals surface area contributed by atoms with Crippen molar-refractivity contribution in [2.75, 3.05) is 11.9 Å². The van der Waals surface area contributed by atoms with Crippen LogP contribution in [0.15, 0.2) is 61.2 Å². The van der Waals surface area contributed by atoms with Gasteiger partial charge in [-0.05, 0) is 18.2 Å². The molecule has 0 radical (unpaired) electrons. The van der Waals surface area contributed by atoms with Gasteiger partial charge in [-0.2, -0.15) is 0 Å². The Morgan fingerprint density at radius 1 is 1.11 bits per heavy atom. The van der Waals surface area contributed by atoms with E-state index in [9.17, 15) is 0 Å². The van der Waals surface area contributed by atoms with E-state index in [4.69, 9.17) is 16.3 Å².